The van der Waals surface area contributed by atoms with E-state index in [4.69, 9.17) is 19.3 Å². The number of carbonyl (C=O) groups is 2. The molecule has 1 fully saturated rings. The molecule has 200 valence electrons. The second-order valence-electron chi connectivity index (χ2n) is 9.76. The zero-order valence-corrected chi connectivity index (χ0v) is 22.8. The Balaban J connectivity index is 0.00000380. The molecule has 0 atom stereocenters. The van der Waals surface area contributed by atoms with Crippen LogP contribution in [0.2, 0.25) is 0 Å². The summed E-state index contributed by atoms with van der Waals surface area (Å²) in [7, 11) is 5.23. The molecule has 0 N–H and O–H groups in total. The van der Waals surface area contributed by atoms with Crippen molar-refractivity contribution in [1.29, 1.82) is 0 Å². The predicted molar refractivity (Wildman–Crippen MR) is 145 cm³/mol. The average molecular weight is 531 g/mol. The highest BCUT2D eigenvalue weighted by atomic mass is 35.5. The molecule has 2 aliphatic heterocycles. The molecule has 1 saturated heterocycles. The van der Waals surface area contributed by atoms with Crippen molar-refractivity contribution in [2.45, 2.75) is 20.3 Å². The van der Waals surface area contributed by atoms with Crippen LogP contribution in [0.3, 0.4) is 0 Å². The van der Waals surface area contributed by atoms with Gasteiger partial charge in [0.1, 0.15) is 5.75 Å². The maximum absolute atomic E-state index is 13.2. The first kappa shape index (κ1) is 28.3. The van der Waals surface area contributed by atoms with Gasteiger partial charge in [-0.15, -0.1) is 12.4 Å². The summed E-state index contributed by atoms with van der Waals surface area (Å²) >= 11 is 0. The van der Waals surface area contributed by atoms with Crippen molar-refractivity contribution in [2.75, 3.05) is 59.1 Å². The standard InChI is InChI=1S/C27H34N4O5.ClH/c1-27(2)17-22(19-6-11-23(34-4)24(16-19)35-5)28-31(26(27)33)20-7-9-21(10-8-20)36-18-25(32)30-14-12-29(3)13-15-30;/h6-11,16H,12-15,17-18H2,1-5H3;1H. The number of anilines is 1. The Labute approximate surface area is 224 Å². The van der Waals surface area contributed by atoms with Crippen molar-refractivity contribution in [3.8, 4) is 17.2 Å². The largest absolute Gasteiger partial charge is 0.493 e. The number of piperazine rings is 1. The highest BCUT2D eigenvalue weighted by Crippen LogP contribution is 2.36. The molecule has 10 heteroatoms. The van der Waals surface area contributed by atoms with Gasteiger partial charge in [-0.1, -0.05) is 13.8 Å². The van der Waals surface area contributed by atoms with Gasteiger partial charge in [0.15, 0.2) is 18.1 Å². The van der Waals surface area contributed by atoms with Crippen LogP contribution in [-0.4, -0.2) is 81.4 Å². The van der Waals surface area contributed by atoms with Gasteiger partial charge in [0.25, 0.3) is 11.8 Å². The molecule has 4 rings (SSSR count). The summed E-state index contributed by atoms with van der Waals surface area (Å²) in [6.45, 7) is 6.98. The van der Waals surface area contributed by atoms with Gasteiger partial charge in [-0.2, -0.15) is 5.10 Å². The van der Waals surface area contributed by atoms with Crippen LogP contribution >= 0.6 is 12.4 Å². The fraction of sp³-hybridized carbons (Fsp3) is 0.444. The summed E-state index contributed by atoms with van der Waals surface area (Å²) in [6.07, 6.45) is 0.493. The monoisotopic (exact) mass is 530 g/mol. The van der Waals surface area contributed by atoms with E-state index in [-0.39, 0.29) is 30.8 Å². The molecule has 2 heterocycles. The number of halogens is 1. The highest BCUT2D eigenvalue weighted by molar-refractivity contribution is 6.11. The maximum atomic E-state index is 13.2. The Kier molecular flexibility index (Phi) is 9.04. The van der Waals surface area contributed by atoms with E-state index in [0.717, 1.165) is 24.4 Å². The Morgan fingerprint density at radius 2 is 1.62 bits per heavy atom. The van der Waals surface area contributed by atoms with E-state index >= 15 is 0 Å². The smallest absolute Gasteiger partial charge is 0.260 e. The number of nitrogens with zero attached hydrogens (tertiary/aromatic N) is 4. The molecule has 2 amide bonds. The number of methoxy groups -OCH3 is 2. The van der Waals surface area contributed by atoms with Crippen LogP contribution in [0.5, 0.6) is 17.2 Å². The van der Waals surface area contributed by atoms with Crippen molar-refractivity contribution >= 4 is 35.6 Å². The molecule has 0 radical (unpaired) electrons. The number of ether oxygens (including phenoxy) is 3. The molecule has 0 spiro atoms. The molecule has 0 saturated carbocycles. The minimum atomic E-state index is -0.644. The lowest BCUT2D eigenvalue weighted by Gasteiger charge is -2.34. The van der Waals surface area contributed by atoms with Crippen LogP contribution in [0.25, 0.3) is 0 Å². The van der Waals surface area contributed by atoms with E-state index in [1.165, 1.54) is 5.01 Å². The summed E-state index contributed by atoms with van der Waals surface area (Å²) < 4.78 is 16.5. The Hall–Kier alpha value is -3.30. The molecule has 2 aliphatic rings. The molecular weight excluding hydrogens is 496 g/mol. The first-order valence-corrected chi connectivity index (χ1v) is 12.1. The SMILES string of the molecule is COc1ccc(C2=NN(c3ccc(OCC(=O)N4CCN(C)CC4)cc3)C(=O)C(C)(C)C2)cc1OC.Cl. The van der Waals surface area contributed by atoms with E-state index in [9.17, 15) is 9.59 Å². The number of likely N-dealkylation sites (N-methyl/N-ethyl adjacent to an activating group) is 1. The van der Waals surface area contributed by atoms with Crippen molar-refractivity contribution in [3.63, 3.8) is 0 Å². The second kappa shape index (κ2) is 11.8. The maximum Gasteiger partial charge on any atom is 0.260 e. The lowest BCUT2D eigenvalue weighted by molar-refractivity contribution is -0.135. The Morgan fingerprint density at radius 3 is 2.24 bits per heavy atom. The fourth-order valence-corrected chi connectivity index (χ4v) is 4.31. The van der Waals surface area contributed by atoms with Gasteiger partial charge in [-0.05, 0) is 49.5 Å². The number of rotatable bonds is 7. The summed E-state index contributed by atoms with van der Waals surface area (Å²) in [6, 6.07) is 12.7. The third kappa shape index (κ3) is 6.34. The van der Waals surface area contributed by atoms with Crippen molar-refractivity contribution in [3.05, 3.63) is 48.0 Å². The number of hydrazone groups is 1. The summed E-state index contributed by atoms with van der Waals surface area (Å²) in [4.78, 5) is 29.7. The van der Waals surface area contributed by atoms with E-state index in [2.05, 4.69) is 11.9 Å². The minimum Gasteiger partial charge on any atom is -0.493 e. The molecule has 0 aromatic heterocycles. The third-order valence-electron chi connectivity index (χ3n) is 6.62. The predicted octanol–water partition coefficient (Wildman–Crippen LogP) is 3.45. The van der Waals surface area contributed by atoms with Gasteiger partial charge in [-0.3, -0.25) is 9.59 Å². The van der Waals surface area contributed by atoms with Gasteiger partial charge in [0.05, 0.1) is 31.0 Å². The average Bonchev–Trinajstić information content (AvgIpc) is 2.89. The molecule has 0 unspecified atom stereocenters. The molecule has 0 aliphatic carbocycles. The van der Waals surface area contributed by atoms with E-state index < -0.39 is 5.41 Å². The lowest BCUT2D eigenvalue weighted by atomic mass is 9.82. The zero-order valence-electron chi connectivity index (χ0n) is 22.0. The molecular formula is C27H35ClN4O5. The summed E-state index contributed by atoms with van der Waals surface area (Å²) in [5.41, 5.74) is 1.62. The first-order valence-electron chi connectivity index (χ1n) is 12.1. The van der Waals surface area contributed by atoms with Crippen molar-refractivity contribution < 1.29 is 23.8 Å². The topological polar surface area (TPSA) is 83.9 Å². The summed E-state index contributed by atoms with van der Waals surface area (Å²) in [5, 5.41) is 6.14. The van der Waals surface area contributed by atoms with Gasteiger partial charge >= 0.3 is 0 Å². The quantitative estimate of drug-likeness (QED) is 0.545. The van der Waals surface area contributed by atoms with Crippen LogP contribution in [0.15, 0.2) is 47.6 Å². The van der Waals surface area contributed by atoms with E-state index in [1.807, 2.05) is 36.9 Å². The minimum absolute atomic E-state index is 0. The Bertz CT molecular complexity index is 1140. The fourth-order valence-electron chi connectivity index (χ4n) is 4.31. The normalized spacial score (nSPS) is 17.5. The zero-order chi connectivity index (χ0) is 25.9. The molecule has 37 heavy (non-hydrogen) atoms. The van der Waals surface area contributed by atoms with Crippen LogP contribution in [0.1, 0.15) is 25.8 Å². The molecule has 9 nitrogen and oxygen atoms in total. The van der Waals surface area contributed by atoms with Gasteiger partial charge in [0, 0.05) is 38.2 Å². The number of carbonyl (C=O) groups excluding carboxylic acids is 2. The van der Waals surface area contributed by atoms with E-state index in [0.29, 0.717) is 42.4 Å². The van der Waals surface area contributed by atoms with Crippen LogP contribution < -0.4 is 19.2 Å². The van der Waals surface area contributed by atoms with Gasteiger partial charge in [0.2, 0.25) is 0 Å². The van der Waals surface area contributed by atoms with Crippen LogP contribution in [0.4, 0.5) is 5.69 Å². The number of amides is 2. The molecule has 0 bridgehead atoms. The van der Waals surface area contributed by atoms with Crippen LogP contribution in [0, 0.1) is 5.41 Å². The van der Waals surface area contributed by atoms with E-state index in [1.54, 1.807) is 38.5 Å². The first-order chi connectivity index (χ1) is 17.2. The highest BCUT2D eigenvalue weighted by Gasteiger charge is 2.39. The summed E-state index contributed by atoms with van der Waals surface area (Å²) in [5.74, 6) is 1.68. The number of hydrogen-bond donors (Lipinski definition) is 0. The van der Waals surface area contributed by atoms with Crippen LogP contribution in [-0.2, 0) is 9.59 Å². The molecule has 2 aromatic rings. The van der Waals surface area contributed by atoms with Crippen molar-refractivity contribution in [1.82, 2.24) is 9.80 Å². The lowest BCUT2D eigenvalue weighted by Crippen LogP contribution is -2.48. The Morgan fingerprint density at radius 1 is 0.973 bits per heavy atom. The van der Waals surface area contributed by atoms with Gasteiger partial charge < -0.3 is 24.0 Å². The van der Waals surface area contributed by atoms with Crippen molar-refractivity contribution in [2.24, 2.45) is 10.5 Å². The molecule has 2 aromatic carbocycles. The third-order valence-corrected chi connectivity index (χ3v) is 6.62. The second-order valence-corrected chi connectivity index (χ2v) is 9.76. The number of hydrogen-bond acceptors (Lipinski definition) is 7. The number of benzene rings is 2. The van der Waals surface area contributed by atoms with Gasteiger partial charge in [-0.25, -0.2) is 5.01 Å².